The first-order chi connectivity index (χ1) is 11.6. The lowest BCUT2D eigenvalue weighted by Crippen LogP contribution is -2.20. The summed E-state index contributed by atoms with van der Waals surface area (Å²) >= 11 is 0. The van der Waals surface area contributed by atoms with Gasteiger partial charge in [-0.15, -0.1) is 0 Å². The largest absolute Gasteiger partial charge is 0.508 e. The number of amides is 1. The van der Waals surface area contributed by atoms with Crippen molar-refractivity contribution in [1.29, 1.82) is 0 Å². The summed E-state index contributed by atoms with van der Waals surface area (Å²) < 4.78 is 7.01. The van der Waals surface area contributed by atoms with Gasteiger partial charge in [-0.1, -0.05) is 0 Å². The third-order valence-corrected chi connectivity index (χ3v) is 3.76. The van der Waals surface area contributed by atoms with Gasteiger partial charge in [-0.05, 0) is 54.1 Å². The molecule has 2 N–H and O–H groups in total. The predicted octanol–water partition coefficient (Wildman–Crippen LogP) is 2.66. The molecule has 0 radical (unpaired) electrons. The van der Waals surface area contributed by atoms with Crippen molar-refractivity contribution in [1.82, 2.24) is 9.99 Å². The third-order valence-electron chi connectivity index (χ3n) is 3.76. The van der Waals surface area contributed by atoms with Gasteiger partial charge in [-0.2, -0.15) is 5.10 Å². The van der Waals surface area contributed by atoms with Crippen LogP contribution < -0.4 is 10.2 Å². The van der Waals surface area contributed by atoms with Gasteiger partial charge < -0.3 is 14.4 Å². The van der Waals surface area contributed by atoms with Crippen LogP contribution in [-0.4, -0.2) is 28.9 Å². The first kappa shape index (κ1) is 15.6. The van der Waals surface area contributed by atoms with E-state index in [0.717, 1.165) is 22.2 Å². The number of fused-ring (bicyclic) bond motifs is 1. The number of nitrogens with one attached hydrogen (secondary N) is 1. The van der Waals surface area contributed by atoms with Crippen LogP contribution in [0.2, 0.25) is 0 Å². The molecule has 1 amide bonds. The van der Waals surface area contributed by atoms with Gasteiger partial charge in [0.2, 0.25) is 0 Å². The number of phenolic OH excluding ortho intramolecular Hbond substituents is 1. The van der Waals surface area contributed by atoms with E-state index in [9.17, 15) is 9.90 Å². The molecule has 0 saturated carbocycles. The van der Waals surface area contributed by atoms with Crippen molar-refractivity contribution in [3.05, 3.63) is 59.8 Å². The van der Waals surface area contributed by atoms with Gasteiger partial charge in [0.15, 0.2) is 0 Å². The Morgan fingerprint density at radius 2 is 1.96 bits per heavy atom. The molecule has 0 spiro atoms. The van der Waals surface area contributed by atoms with E-state index in [-0.39, 0.29) is 11.7 Å². The number of benzene rings is 2. The van der Waals surface area contributed by atoms with Crippen LogP contribution in [0.1, 0.15) is 16.1 Å². The molecular formula is C18H17N3O3. The highest BCUT2D eigenvalue weighted by Gasteiger charge is 2.13. The highest BCUT2D eigenvalue weighted by molar-refractivity contribution is 5.99. The Bertz CT molecular complexity index is 911. The Kier molecular flexibility index (Phi) is 4.20. The average molecular weight is 323 g/mol. The zero-order valence-corrected chi connectivity index (χ0v) is 13.4. The Morgan fingerprint density at radius 3 is 2.67 bits per heavy atom. The number of hydrazone groups is 1. The number of ether oxygens (including phenoxy) is 1. The van der Waals surface area contributed by atoms with Gasteiger partial charge in [0.25, 0.3) is 5.91 Å². The second-order valence-corrected chi connectivity index (χ2v) is 5.30. The van der Waals surface area contributed by atoms with Crippen molar-refractivity contribution in [3.8, 4) is 11.5 Å². The molecule has 0 aliphatic heterocycles. The quantitative estimate of drug-likeness (QED) is 0.572. The van der Waals surface area contributed by atoms with Crippen LogP contribution in [0.15, 0.2) is 53.6 Å². The highest BCUT2D eigenvalue weighted by Crippen LogP contribution is 2.23. The number of aromatic nitrogens is 1. The number of rotatable bonds is 4. The molecule has 0 fully saturated rings. The molecule has 0 saturated heterocycles. The average Bonchev–Trinajstić information content (AvgIpc) is 2.93. The smallest absolute Gasteiger partial charge is 0.287 e. The fourth-order valence-electron chi connectivity index (χ4n) is 2.46. The van der Waals surface area contributed by atoms with Crippen molar-refractivity contribution < 1.29 is 14.6 Å². The van der Waals surface area contributed by atoms with E-state index in [4.69, 9.17) is 4.74 Å². The summed E-state index contributed by atoms with van der Waals surface area (Å²) in [5, 5.41) is 14.1. The lowest BCUT2D eigenvalue weighted by molar-refractivity contribution is 0.0947. The zero-order valence-electron chi connectivity index (χ0n) is 13.4. The van der Waals surface area contributed by atoms with Gasteiger partial charge in [-0.3, -0.25) is 4.79 Å². The molecule has 6 nitrogen and oxygen atoms in total. The second kappa shape index (κ2) is 6.45. The van der Waals surface area contributed by atoms with E-state index in [0.29, 0.717) is 5.69 Å². The summed E-state index contributed by atoms with van der Waals surface area (Å²) in [7, 11) is 3.43. The topological polar surface area (TPSA) is 75.8 Å². The summed E-state index contributed by atoms with van der Waals surface area (Å²) in [6, 6.07) is 14.0. The summed E-state index contributed by atoms with van der Waals surface area (Å²) in [5.41, 5.74) is 4.72. The van der Waals surface area contributed by atoms with Crippen LogP contribution in [0.25, 0.3) is 10.9 Å². The van der Waals surface area contributed by atoms with Crippen LogP contribution in [0.5, 0.6) is 11.5 Å². The monoisotopic (exact) mass is 323 g/mol. The van der Waals surface area contributed by atoms with Gasteiger partial charge in [0.05, 0.1) is 13.3 Å². The standard InChI is InChI=1S/C18H17N3O3/c1-21-16-8-7-15(24-2)9-13(16)10-17(21)18(23)20-19-11-12-3-5-14(22)6-4-12/h3-11,22H,1-2H3,(H,20,23)/b19-11+. The van der Waals surface area contributed by atoms with Crippen LogP contribution >= 0.6 is 0 Å². The first-order valence-corrected chi connectivity index (χ1v) is 7.34. The van der Waals surface area contributed by atoms with E-state index in [1.54, 1.807) is 42.0 Å². The molecule has 24 heavy (non-hydrogen) atoms. The molecular weight excluding hydrogens is 306 g/mol. The van der Waals surface area contributed by atoms with Gasteiger partial charge in [-0.25, -0.2) is 5.43 Å². The van der Waals surface area contributed by atoms with E-state index < -0.39 is 0 Å². The number of phenols is 1. The van der Waals surface area contributed by atoms with Crippen LogP contribution in [0.4, 0.5) is 0 Å². The Balaban J connectivity index is 1.78. The first-order valence-electron chi connectivity index (χ1n) is 7.34. The summed E-state index contributed by atoms with van der Waals surface area (Å²) in [4.78, 5) is 12.3. The van der Waals surface area contributed by atoms with Gasteiger partial charge in [0, 0.05) is 18.0 Å². The number of carbonyl (C=O) groups excluding carboxylic acids is 1. The fraction of sp³-hybridized carbons (Fsp3) is 0.111. The van der Waals surface area contributed by atoms with E-state index in [2.05, 4.69) is 10.5 Å². The minimum Gasteiger partial charge on any atom is -0.508 e. The molecule has 0 bridgehead atoms. The SMILES string of the molecule is COc1ccc2c(c1)cc(C(=O)N/N=C/c1ccc(O)cc1)n2C. The minimum atomic E-state index is -0.303. The van der Waals surface area contributed by atoms with Crippen LogP contribution in [-0.2, 0) is 7.05 Å². The maximum atomic E-state index is 12.3. The molecule has 0 unspecified atom stereocenters. The van der Waals surface area contributed by atoms with Crippen molar-refractivity contribution in [3.63, 3.8) is 0 Å². The number of hydrogen-bond acceptors (Lipinski definition) is 4. The van der Waals surface area contributed by atoms with Crippen LogP contribution in [0.3, 0.4) is 0 Å². The molecule has 0 atom stereocenters. The molecule has 3 rings (SSSR count). The van der Waals surface area contributed by atoms with Gasteiger partial charge in [0.1, 0.15) is 17.2 Å². The summed E-state index contributed by atoms with van der Waals surface area (Å²) in [6.07, 6.45) is 1.52. The van der Waals surface area contributed by atoms with Crippen molar-refractivity contribution in [2.75, 3.05) is 7.11 Å². The summed E-state index contributed by atoms with van der Waals surface area (Å²) in [5.74, 6) is 0.621. The number of methoxy groups -OCH3 is 1. The molecule has 1 aromatic heterocycles. The van der Waals surface area contributed by atoms with Crippen LogP contribution in [0, 0.1) is 0 Å². The Hall–Kier alpha value is -3.28. The van der Waals surface area contributed by atoms with Crippen molar-refractivity contribution in [2.24, 2.45) is 12.1 Å². The zero-order chi connectivity index (χ0) is 17.1. The van der Waals surface area contributed by atoms with Crippen molar-refractivity contribution in [2.45, 2.75) is 0 Å². The Morgan fingerprint density at radius 1 is 1.21 bits per heavy atom. The maximum absolute atomic E-state index is 12.3. The number of nitrogens with zero attached hydrogens (tertiary/aromatic N) is 2. The third kappa shape index (κ3) is 3.08. The minimum absolute atomic E-state index is 0.183. The number of hydrogen-bond donors (Lipinski definition) is 2. The second-order valence-electron chi connectivity index (χ2n) is 5.30. The molecule has 6 heteroatoms. The molecule has 122 valence electrons. The normalized spacial score (nSPS) is 11.1. The van der Waals surface area contributed by atoms with Gasteiger partial charge >= 0.3 is 0 Å². The number of carbonyl (C=O) groups is 1. The number of aromatic hydroxyl groups is 1. The molecule has 2 aromatic carbocycles. The lowest BCUT2D eigenvalue weighted by Gasteiger charge is -2.03. The Labute approximate surface area is 139 Å². The van der Waals surface area contributed by atoms with E-state index in [1.807, 2.05) is 25.2 Å². The highest BCUT2D eigenvalue weighted by atomic mass is 16.5. The molecule has 0 aliphatic rings. The molecule has 3 aromatic rings. The fourth-order valence-corrected chi connectivity index (χ4v) is 2.46. The number of aryl methyl sites for hydroxylation is 1. The lowest BCUT2D eigenvalue weighted by atomic mass is 10.2. The van der Waals surface area contributed by atoms with E-state index >= 15 is 0 Å². The van der Waals surface area contributed by atoms with E-state index in [1.165, 1.54) is 6.21 Å². The van der Waals surface area contributed by atoms with Crippen molar-refractivity contribution >= 4 is 23.0 Å². The molecule has 0 aliphatic carbocycles. The maximum Gasteiger partial charge on any atom is 0.287 e. The summed E-state index contributed by atoms with van der Waals surface area (Å²) in [6.45, 7) is 0. The molecule has 1 heterocycles. The predicted molar refractivity (Wildman–Crippen MR) is 92.6 cm³/mol.